The number of carbonyl (C=O) groups is 1. The lowest BCUT2D eigenvalue weighted by molar-refractivity contribution is -0.126. The first-order valence-corrected chi connectivity index (χ1v) is 5.34. The highest BCUT2D eigenvalue weighted by Crippen LogP contribution is 2.48. The number of ketones is 1. The Labute approximate surface area is 80.2 Å². The number of hydrogen-bond donors (Lipinski definition) is 0. The summed E-state index contributed by atoms with van der Waals surface area (Å²) in [6.45, 7) is 4.41. The highest BCUT2D eigenvalue weighted by atomic mass is 16.1. The molecular formula is C12H18O. The Morgan fingerprint density at radius 1 is 1.31 bits per heavy atom. The Hall–Kier alpha value is -0.590. The van der Waals surface area contributed by atoms with Crippen LogP contribution in [0.2, 0.25) is 0 Å². The van der Waals surface area contributed by atoms with Crippen LogP contribution in [0.3, 0.4) is 0 Å². The SMILES string of the molecule is CC[C@]12C=C[C@](C)(CCC1=O)CC2. The summed E-state index contributed by atoms with van der Waals surface area (Å²) < 4.78 is 0. The van der Waals surface area contributed by atoms with Gasteiger partial charge in [-0.25, -0.2) is 0 Å². The average molecular weight is 178 g/mol. The van der Waals surface area contributed by atoms with Gasteiger partial charge in [0.15, 0.2) is 0 Å². The summed E-state index contributed by atoms with van der Waals surface area (Å²) in [6.07, 6.45) is 9.61. The molecule has 2 bridgehead atoms. The van der Waals surface area contributed by atoms with Gasteiger partial charge in [0.2, 0.25) is 0 Å². The first-order valence-electron chi connectivity index (χ1n) is 5.34. The number of Topliss-reactive ketones (excluding diaryl/α,β-unsaturated/α-hetero) is 1. The molecule has 3 aliphatic rings. The Balaban J connectivity index is 2.39. The van der Waals surface area contributed by atoms with Crippen molar-refractivity contribution in [1.82, 2.24) is 0 Å². The summed E-state index contributed by atoms with van der Waals surface area (Å²) in [7, 11) is 0. The van der Waals surface area contributed by atoms with Crippen LogP contribution in [0.15, 0.2) is 12.2 Å². The molecule has 0 aromatic heterocycles. The van der Waals surface area contributed by atoms with E-state index in [0.717, 1.165) is 25.7 Å². The average Bonchev–Trinajstić information content (AvgIpc) is 2.34. The van der Waals surface area contributed by atoms with Gasteiger partial charge in [0.1, 0.15) is 5.78 Å². The Morgan fingerprint density at radius 3 is 2.62 bits per heavy atom. The van der Waals surface area contributed by atoms with Gasteiger partial charge < -0.3 is 0 Å². The van der Waals surface area contributed by atoms with Crippen molar-refractivity contribution in [3.05, 3.63) is 12.2 Å². The van der Waals surface area contributed by atoms with Gasteiger partial charge in [-0.05, 0) is 31.1 Å². The predicted molar refractivity (Wildman–Crippen MR) is 53.4 cm³/mol. The van der Waals surface area contributed by atoms with E-state index in [4.69, 9.17) is 0 Å². The minimum atomic E-state index is -0.0734. The van der Waals surface area contributed by atoms with Crippen LogP contribution < -0.4 is 0 Å². The molecule has 3 rings (SSSR count). The number of carbonyl (C=O) groups excluding carboxylic acids is 1. The number of rotatable bonds is 1. The van der Waals surface area contributed by atoms with Crippen LogP contribution in [-0.2, 0) is 4.79 Å². The fourth-order valence-corrected chi connectivity index (χ4v) is 2.62. The van der Waals surface area contributed by atoms with Crippen molar-refractivity contribution in [1.29, 1.82) is 0 Å². The molecule has 1 fully saturated rings. The molecule has 0 radical (unpaired) electrons. The van der Waals surface area contributed by atoms with Crippen molar-refractivity contribution in [2.45, 2.75) is 46.0 Å². The largest absolute Gasteiger partial charge is 0.299 e. The molecule has 0 saturated heterocycles. The maximum atomic E-state index is 11.9. The summed E-state index contributed by atoms with van der Waals surface area (Å²) in [6, 6.07) is 0. The highest BCUT2D eigenvalue weighted by molar-refractivity contribution is 5.87. The molecule has 1 saturated carbocycles. The molecule has 2 atom stereocenters. The van der Waals surface area contributed by atoms with E-state index in [2.05, 4.69) is 26.0 Å². The zero-order valence-corrected chi connectivity index (χ0v) is 8.60. The van der Waals surface area contributed by atoms with Crippen LogP contribution >= 0.6 is 0 Å². The van der Waals surface area contributed by atoms with Crippen molar-refractivity contribution < 1.29 is 4.79 Å². The molecule has 0 aromatic carbocycles. The summed E-state index contributed by atoms with van der Waals surface area (Å²) >= 11 is 0. The minimum Gasteiger partial charge on any atom is -0.299 e. The number of hydrogen-bond acceptors (Lipinski definition) is 1. The molecule has 3 aliphatic carbocycles. The number of fused-ring (bicyclic) bond motifs is 3. The van der Waals surface area contributed by atoms with E-state index in [1.54, 1.807) is 0 Å². The third-order valence-electron chi connectivity index (χ3n) is 4.06. The zero-order chi connectivity index (χ0) is 9.53. The van der Waals surface area contributed by atoms with Gasteiger partial charge in [0.25, 0.3) is 0 Å². The monoisotopic (exact) mass is 178 g/mol. The van der Waals surface area contributed by atoms with Crippen LogP contribution in [-0.4, -0.2) is 5.78 Å². The van der Waals surface area contributed by atoms with E-state index in [0.29, 0.717) is 11.2 Å². The Kier molecular flexibility index (Phi) is 1.86. The van der Waals surface area contributed by atoms with Crippen molar-refractivity contribution in [3.63, 3.8) is 0 Å². The molecule has 0 amide bonds. The molecule has 0 unspecified atom stereocenters. The summed E-state index contributed by atoms with van der Waals surface area (Å²) in [4.78, 5) is 11.9. The van der Waals surface area contributed by atoms with Crippen LogP contribution in [0, 0.1) is 10.8 Å². The van der Waals surface area contributed by atoms with Crippen molar-refractivity contribution >= 4 is 5.78 Å². The summed E-state index contributed by atoms with van der Waals surface area (Å²) in [5.41, 5.74) is 0.251. The molecule has 0 heterocycles. The Bertz CT molecular complexity index is 266. The molecule has 1 heteroatoms. The fourth-order valence-electron chi connectivity index (χ4n) is 2.62. The van der Waals surface area contributed by atoms with E-state index in [1.807, 2.05) is 0 Å². The zero-order valence-electron chi connectivity index (χ0n) is 8.60. The second-order valence-electron chi connectivity index (χ2n) is 4.92. The second-order valence-corrected chi connectivity index (χ2v) is 4.92. The normalized spacial score (nSPS) is 43.7. The minimum absolute atomic E-state index is 0.0734. The lowest BCUT2D eigenvalue weighted by Gasteiger charge is -2.33. The molecule has 0 aromatic rings. The lowest BCUT2D eigenvalue weighted by Crippen LogP contribution is -2.29. The van der Waals surface area contributed by atoms with Gasteiger partial charge in [-0.1, -0.05) is 26.0 Å². The van der Waals surface area contributed by atoms with E-state index in [-0.39, 0.29) is 5.41 Å². The van der Waals surface area contributed by atoms with Gasteiger partial charge in [-0.2, -0.15) is 0 Å². The van der Waals surface area contributed by atoms with Crippen molar-refractivity contribution in [2.75, 3.05) is 0 Å². The van der Waals surface area contributed by atoms with Crippen molar-refractivity contribution in [2.24, 2.45) is 10.8 Å². The van der Waals surface area contributed by atoms with Crippen LogP contribution in [0.4, 0.5) is 0 Å². The first-order chi connectivity index (χ1) is 6.10. The van der Waals surface area contributed by atoms with Gasteiger partial charge in [0.05, 0.1) is 0 Å². The topological polar surface area (TPSA) is 17.1 Å². The van der Waals surface area contributed by atoms with E-state index in [9.17, 15) is 4.79 Å². The molecule has 0 aliphatic heterocycles. The molecular weight excluding hydrogens is 160 g/mol. The van der Waals surface area contributed by atoms with Gasteiger partial charge in [-0.15, -0.1) is 0 Å². The molecule has 72 valence electrons. The molecule has 1 nitrogen and oxygen atoms in total. The standard InChI is InChI=1S/C12H18O/c1-3-12-8-6-11(2,7-9-12)5-4-10(12)13/h6,8H,3-5,7,9H2,1-2H3/t11-,12+/m0/s1. The van der Waals surface area contributed by atoms with E-state index in [1.165, 1.54) is 6.42 Å². The first kappa shape index (κ1) is 8.98. The summed E-state index contributed by atoms with van der Waals surface area (Å²) in [5.74, 6) is 0.479. The lowest BCUT2D eigenvalue weighted by atomic mass is 9.70. The quantitative estimate of drug-likeness (QED) is 0.564. The smallest absolute Gasteiger partial charge is 0.142 e. The predicted octanol–water partition coefficient (Wildman–Crippen LogP) is 3.10. The number of allylic oxidation sites excluding steroid dienone is 2. The van der Waals surface area contributed by atoms with Gasteiger partial charge in [-0.3, -0.25) is 4.79 Å². The van der Waals surface area contributed by atoms with Gasteiger partial charge >= 0.3 is 0 Å². The van der Waals surface area contributed by atoms with E-state index >= 15 is 0 Å². The van der Waals surface area contributed by atoms with Crippen LogP contribution in [0.25, 0.3) is 0 Å². The van der Waals surface area contributed by atoms with Crippen LogP contribution in [0.1, 0.15) is 46.0 Å². The molecule has 0 N–H and O–H groups in total. The van der Waals surface area contributed by atoms with E-state index < -0.39 is 0 Å². The van der Waals surface area contributed by atoms with Crippen LogP contribution in [0.5, 0.6) is 0 Å². The fraction of sp³-hybridized carbons (Fsp3) is 0.750. The second kappa shape index (κ2) is 2.70. The maximum Gasteiger partial charge on any atom is 0.142 e. The summed E-state index contributed by atoms with van der Waals surface area (Å²) in [5, 5.41) is 0. The Morgan fingerprint density at radius 2 is 2.08 bits per heavy atom. The maximum absolute atomic E-state index is 11.9. The third kappa shape index (κ3) is 1.25. The molecule has 0 spiro atoms. The highest BCUT2D eigenvalue weighted by Gasteiger charge is 2.43. The van der Waals surface area contributed by atoms with Gasteiger partial charge in [0, 0.05) is 11.8 Å². The third-order valence-corrected chi connectivity index (χ3v) is 4.06. The molecule has 13 heavy (non-hydrogen) atoms. The van der Waals surface area contributed by atoms with Crippen molar-refractivity contribution in [3.8, 4) is 0 Å².